The molecule has 1 amide bonds. The third kappa shape index (κ3) is 4.39. The van der Waals surface area contributed by atoms with Crippen molar-refractivity contribution in [2.75, 3.05) is 26.2 Å². The molecule has 1 saturated heterocycles. The van der Waals surface area contributed by atoms with Crippen LogP contribution in [0.5, 0.6) is 0 Å². The highest BCUT2D eigenvalue weighted by atomic mass is 16.6. The number of nitrogens with one attached hydrogen (secondary N) is 1. The van der Waals surface area contributed by atoms with Crippen molar-refractivity contribution < 1.29 is 9.53 Å². The molecule has 0 saturated carbocycles. The number of hydrogen-bond donors (Lipinski definition) is 1. The first-order valence-electron chi connectivity index (χ1n) is 6.28. The molecule has 0 aromatic rings. The predicted octanol–water partition coefficient (Wildman–Crippen LogP) is 1.85. The Morgan fingerprint density at radius 1 is 1.56 bits per heavy atom. The lowest BCUT2D eigenvalue weighted by molar-refractivity contribution is 0.0801. The summed E-state index contributed by atoms with van der Waals surface area (Å²) in [5.74, 6) is 0.401. The van der Waals surface area contributed by atoms with Gasteiger partial charge in [-0.25, -0.2) is 4.79 Å². The van der Waals surface area contributed by atoms with Crippen molar-refractivity contribution in [3.63, 3.8) is 0 Å². The number of ether oxygens (including phenoxy) is 1. The number of carbonyl (C=O) groups is 1. The standard InChI is InChI=1S/C12H24N2O2/c1-4-13-11-6-5-7-14(8-11)12(15)16-9-10(2)3/h10-11,13H,4-9H2,1-3H3. The van der Waals surface area contributed by atoms with Crippen LogP contribution in [0, 0.1) is 5.92 Å². The average Bonchev–Trinajstić information content (AvgIpc) is 2.26. The van der Waals surface area contributed by atoms with Crippen LogP contribution in [0.25, 0.3) is 0 Å². The highest BCUT2D eigenvalue weighted by molar-refractivity contribution is 5.67. The van der Waals surface area contributed by atoms with Gasteiger partial charge < -0.3 is 15.0 Å². The van der Waals surface area contributed by atoms with Crippen LogP contribution in [0.3, 0.4) is 0 Å². The minimum absolute atomic E-state index is 0.156. The van der Waals surface area contributed by atoms with Gasteiger partial charge in [-0.05, 0) is 25.3 Å². The normalized spacial score (nSPS) is 21.2. The van der Waals surface area contributed by atoms with E-state index in [-0.39, 0.29) is 6.09 Å². The van der Waals surface area contributed by atoms with Gasteiger partial charge in [0.25, 0.3) is 0 Å². The molecule has 1 aliphatic rings. The first-order valence-corrected chi connectivity index (χ1v) is 6.28. The maximum absolute atomic E-state index is 11.7. The molecule has 0 aliphatic carbocycles. The Morgan fingerprint density at radius 2 is 2.31 bits per heavy atom. The van der Waals surface area contributed by atoms with Gasteiger partial charge in [-0.3, -0.25) is 0 Å². The van der Waals surface area contributed by atoms with Crippen LogP contribution >= 0.6 is 0 Å². The SMILES string of the molecule is CCNC1CCCN(C(=O)OCC(C)C)C1. The van der Waals surface area contributed by atoms with Crippen LogP contribution in [-0.2, 0) is 4.74 Å². The van der Waals surface area contributed by atoms with E-state index >= 15 is 0 Å². The molecular formula is C12H24N2O2. The molecule has 1 atom stereocenters. The molecule has 1 aliphatic heterocycles. The number of hydrogen-bond acceptors (Lipinski definition) is 3. The predicted molar refractivity (Wildman–Crippen MR) is 64.5 cm³/mol. The quantitative estimate of drug-likeness (QED) is 0.798. The average molecular weight is 228 g/mol. The molecule has 1 heterocycles. The largest absolute Gasteiger partial charge is 0.449 e. The zero-order valence-electron chi connectivity index (χ0n) is 10.7. The van der Waals surface area contributed by atoms with Gasteiger partial charge in [-0.15, -0.1) is 0 Å². The van der Waals surface area contributed by atoms with E-state index in [1.54, 1.807) is 0 Å². The second kappa shape index (κ2) is 6.74. The molecule has 94 valence electrons. The van der Waals surface area contributed by atoms with Crippen molar-refractivity contribution in [1.29, 1.82) is 0 Å². The van der Waals surface area contributed by atoms with E-state index in [1.165, 1.54) is 0 Å². The molecule has 4 nitrogen and oxygen atoms in total. The van der Waals surface area contributed by atoms with Crippen molar-refractivity contribution in [2.45, 2.75) is 39.7 Å². The molecular weight excluding hydrogens is 204 g/mol. The van der Waals surface area contributed by atoms with E-state index in [4.69, 9.17) is 4.74 Å². The Kier molecular flexibility index (Phi) is 5.60. The summed E-state index contributed by atoms with van der Waals surface area (Å²) < 4.78 is 5.23. The molecule has 16 heavy (non-hydrogen) atoms. The molecule has 4 heteroatoms. The zero-order chi connectivity index (χ0) is 12.0. The number of nitrogens with zero attached hydrogens (tertiary/aromatic N) is 1. The topological polar surface area (TPSA) is 41.6 Å². The number of rotatable bonds is 4. The summed E-state index contributed by atoms with van der Waals surface area (Å²) in [6.45, 7) is 9.27. The van der Waals surface area contributed by atoms with Crippen LogP contribution < -0.4 is 5.32 Å². The van der Waals surface area contributed by atoms with E-state index in [0.29, 0.717) is 18.6 Å². The van der Waals surface area contributed by atoms with Crippen molar-refractivity contribution in [3.8, 4) is 0 Å². The van der Waals surface area contributed by atoms with Crippen LogP contribution in [0.1, 0.15) is 33.6 Å². The Labute approximate surface area is 98.3 Å². The Balaban J connectivity index is 2.32. The maximum Gasteiger partial charge on any atom is 0.409 e. The number of amides is 1. The molecule has 1 N–H and O–H groups in total. The Morgan fingerprint density at radius 3 is 2.94 bits per heavy atom. The van der Waals surface area contributed by atoms with Crippen LogP contribution in [0.4, 0.5) is 4.79 Å². The third-order valence-corrected chi connectivity index (χ3v) is 2.71. The number of likely N-dealkylation sites (N-methyl/N-ethyl adjacent to an activating group) is 1. The van der Waals surface area contributed by atoms with Gasteiger partial charge in [0, 0.05) is 19.1 Å². The van der Waals surface area contributed by atoms with Gasteiger partial charge in [0.05, 0.1) is 6.61 Å². The summed E-state index contributed by atoms with van der Waals surface area (Å²) in [4.78, 5) is 13.5. The molecule has 1 fully saturated rings. The molecule has 0 aromatic carbocycles. The lowest BCUT2D eigenvalue weighted by Crippen LogP contribution is -2.48. The third-order valence-electron chi connectivity index (χ3n) is 2.71. The van der Waals surface area contributed by atoms with E-state index in [0.717, 1.165) is 32.5 Å². The summed E-state index contributed by atoms with van der Waals surface area (Å²) in [6, 6.07) is 0.436. The second-order valence-electron chi connectivity index (χ2n) is 4.81. The van der Waals surface area contributed by atoms with E-state index in [2.05, 4.69) is 12.2 Å². The fraction of sp³-hybridized carbons (Fsp3) is 0.917. The highest BCUT2D eigenvalue weighted by Crippen LogP contribution is 2.11. The number of likely N-dealkylation sites (tertiary alicyclic amines) is 1. The Bertz CT molecular complexity index is 217. The van der Waals surface area contributed by atoms with Crippen molar-refractivity contribution in [3.05, 3.63) is 0 Å². The smallest absolute Gasteiger partial charge is 0.409 e. The fourth-order valence-corrected chi connectivity index (χ4v) is 1.93. The monoisotopic (exact) mass is 228 g/mol. The fourth-order valence-electron chi connectivity index (χ4n) is 1.93. The van der Waals surface area contributed by atoms with Crippen molar-refractivity contribution >= 4 is 6.09 Å². The second-order valence-corrected chi connectivity index (χ2v) is 4.81. The first-order chi connectivity index (χ1) is 7.63. The summed E-state index contributed by atoms with van der Waals surface area (Å²) >= 11 is 0. The molecule has 0 spiro atoms. The molecule has 0 radical (unpaired) electrons. The van der Waals surface area contributed by atoms with Crippen LogP contribution in [0.2, 0.25) is 0 Å². The van der Waals surface area contributed by atoms with E-state index in [1.807, 2.05) is 18.7 Å². The minimum Gasteiger partial charge on any atom is -0.449 e. The molecule has 1 rings (SSSR count). The molecule has 1 unspecified atom stereocenters. The maximum atomic E-state index is 11.7. The van der Waals surface area contributed by atoms with Gasteiger partial charge in [-0.2, -0.15) is 0 Å². The van der Waals surface area contributed by atoms with Gasteiger partial charge in [0.2, 0.25) is 0 Å². The summed E-state index contributed by atoms with van der Waals surface area (Å²) in [7, 11) is 0. The lowest BCUT2D eigenvalue weighted by atomic mass is 10.1. The van der Waals surface area contributed by atoms with Crippen molar-refractivity contribution in [2.24, 2.45) is 5.92 Å². The minimum atomic E-state index is -0.156. The number of carbonyl (C=O) groups excluding carboxylic acids is 1. The highest BCUT2D eigenvalue weighted by Gasteiger charge is 2.23. The van der Waals surface area contributed by atoms with Gasteiger partial charge in [-0.1, -0.05) is 20.8 Å². The lowest BCUT2D eigenvalue weighted by Gasteiger charge is -2.32. The number of piperidine rings is 1. The zero-order valence-corrected chi connectivity index (χ0v) is 10.7. The molecule has 0 bridgehead atoms. The van der Waals surface area contributed by atoms with Gasteiger partial charge in [0.1, 0.15) is 0 Å². The summed E-state index contributed by atoms with van der Waals surface area (Å²) in [6.07, 6.45) is 2.06. The van der Waals surface area contributed by atoms with Crippen LogP contribution in [0.15, 0.2) is 0 Å². The summed E-state index contributed by atoms with van der Waals surface area (Å²) in [5.41, 5.74) is 0. The van der Waals surface area contributed by atoms with Gasteiger partial charge >= 0.3 is 6.09 Å². The van der Waals surface area contributed by atoms with Crippen LogP contribution in [-0.4, -0.2) is 43.3 Å². The van der Waals surface area contributed by atoms with Gasteiger partial charge in [0.15, 0.2) is 0 Å². The first kappa shape index (κ1) is 13.3. The van der Waals surface area contributed by atoms with E-state index < -0.39 is 0 Å². The van der Waals surface area contributed by atoms with E-state index in [9.17, 15) is 4.79 Å². The van der Waals surface area contributed by atoms with Crippen molar-refractivity contribution in [1.82, 2.24) is 10.2 Å². The molecule has 0 aromatic heterocycles. The summed E-state index contributed by atoms with van der Waals surface area (Å²) in [5, 5.41) is 3.38. The Hall–Kier alpha value is -0.770.